The quantitative estimate of drug-likeness (QED) is 0.881. The van der Waals surface area contributed by atoms with Gasteiger partial charge in [0.1, 0.15) is 0 Å². The van der Waals surface area contributed by atoms with E-state index in [-0.39, 0.29) is 12.1 Å². The second kappa shape index (κ2) is 7.01. The number of benzene rings is 1. The van der Waals surface area contributed by atoms with E-state index in [4.69, 9.17) is 23.2 Å². The molecule has 1 N–H and O–H groups in total. The van der Waals surface area contributed by atoms with Crippen molar-refractivity contribution in [3.8, 4) is 0 Å². The molecule has 106 valence electrons. The van der Waals surface area contributed by atoms with Crippen molar-refractivity contribution in [2.75, 3.05) is 13.6 Å². The second-order valence-corrected chi connectivity index (χ2v) is 5.88. The molecule has 2 amide bonds. The van der Waals surface area contributed by atoms with Gasteiger partial charge in [0.25, 0.3) is 0 Å². The van der Waals surface area contributed by atoms with Gasteiger partial charge in [-0.15, -0.1) is 0 Å². The van der Waals surface area contributed by atoms with Crippen LogP contribution in [-0.2, 0) is 0 Å². The molecule has 0 saturated heterocycles. The molecule has 5 heteroatoms. The van der Waals surface area contributed by atoms with Crippen LogP contribution in [0, 0.1) is 5.92 Å². The number of hydrogen-bond donors (Lipinski definition) is 1. The van der Waals surface area contributed by atoms with Gasteiger partial charge in [-0.1, -0.05) is 43.1 Å². The minimum atomic E-state index is -0.114. The molecule has 0 spiro atoms. The monoisotopic (exact) mass is 302 g/mol. The van der Waals surface area contributed by atoms with Crippen molar-refractivity contribution >= 4 is 29.2 Å². The smallest absolute Gasteiger partial charge is 0.317 e. The number of carbonyl (C=O) groups excluding carboxylic acids is 1. The largest absolute Gasteiger partial charge is 0.338 e. The van der Waals surface area contributed by atoms with Gasteiger partial charge in [0.05, 0.1) is 6.04 Å². The first-order valence-electron chi connectivity index (χ1n) is 6.28. The average molecular weight is 303 g/mol. The molecule has 0 saturated carbocycles. The third-order valence-electron chi connectivity index (χ3n) is 2.98. The van der Waals surface area contributed by atoms with Crippen LogP contribution in [-0.4, -0.2) is 24.5 Å². The summed E-state index contributed by atoms with van der Waals surface area (Å²) in [4.78, 5) is 13.6. The minimum Gasteiger partial charge on any atom is -0.338 e. The maximum atomic E-state index is 12.0. The molecular weight excluding hydrogens is 283 g/mol. The predicted octanol–water partition coefficient (Wildman–Crippen LogP) is 4.35. The Labute approximate surface area is 124 Å². The summed E-state index contributed by atoms with van der Waals surface area (Å²) in [6, 6.07) is 5.10. The Balaban J connectivity index is 2.75. The number of amides is 2. The first-order valence-corrected chi connectivity index (χ1v) is 7.04. The Kier molecular flexibility index (Phi) is 5.95. The highest BCUT2D eigenvalue weighted by molar-refractivity contribution is 6.35. The standard InChI is InChI=1S/C14H20Cl2N2O/c1-9(2)8-17-14(19)18(4)10(3)12-6-5-11(15)7-13(12)16/h5-7,9-10H,8H2,1-4H3,(H,17,19). The summed E-state index contributed by atoms with van der Waals surface area (Å²) in [5, 5.41) is 4.04. The van der Waals surface area contributed by atoms with E-state index < -0.39 is 0 Å². The normalized spacial score (nSPS) is 12.4. The third kappa shape index (κ3) is 4.59. The summed E-state index contributed by atoms with van der Waals surface area (Å²) >= 11 is 12.0. The SMILES string of the molecule is CC(C)CNC(=O)N(C)C(C)c1ccc(Cl)cc1Cl. The van der Waals surface area contributed by atoms with Crippen molar-refractivity contribution < 1.29 is 4.79 Å². The van der Waals surface area contributed by atoms with Crippen LogP contribution in [0.3, 0.4) is 0 Å². The highest BCUT2D eigenvalue weighted by Crippen LogP contribution is 2.28. The molecule has 3 nitrogen and oxygen atoms in total. The van der Waals surface area contributed by atoms with E-state index in [0.29, 0.717) is 22.5 Å². The first-order chi connectivity index (χ1) is 8.82. The molecule has 0 aromatic heterocycles. The zero-order valence-electron chi connectivity index (χ0n) is 11.7. The molecule has 0 fully saturated rings. The van der Waals surface area contributed by atoms with Gasteiger partial charge in [0.15, 0.2) is 0 Å². The van der Waals surface area contributed by atoms with E-state index in [1.165, 1.54) is 0 Å². The molecule has 0 aliphatic carbocycles. The summed E-state index contributed by atoms with van der Waals surface area (Å²) in [5.41, 5.74) is 0.883. The third-order valence-corrected chi connectivity index (χ3v) is 3.54. The molecule has 1 rings (SSSR count). The lowest BCUT2D eigenvalue weighted by Gasteiger charge is -2.26. The molecule has 1 aromatic carbocycles. The molecule has 1 aromatic rings. The van der Waals surface area contributed by atoms with Crippen molar-refractivity contribution in [3.63, 3.8) is 0 Å². The summed E-state index contributed by atoms with van der Waals surface area (Å²) in [6.45, 7) is 6.70. The van der Waals surface area contributed by atoms with E-state index >= 15 is 0 Å². The van der Waals surface area contributed by atoms with Crippen LogP contribution >= 0.6 is 23.2 Å². The van der Waals surface area contributed by atoms with Gasteiger partial charge in [-0.25, -0.2) is 4.79 Å². The van der Waals surface area contributed by atoms with Gasteiger partial charge >= 0.3 is 6.03 Å². The van der Waals surface area contributed by atoms with Crippen LogP contribution in [0.2, 0.25) is 10.0 Å². The number of halogens is 2. The fourth-order valence-corrected chi connectivity index (χ4v) is 2.21. The summed E-state index contributed by atoms with van der Waals surface area (Å²) in [5.74, 6) is 0.423. The van der Waals surface area contributed by atoms with Crippen LogP contribution in [0.4, 0.5) is 4.79 Å². The maximum absolute atomic E-state index is 12.0. The van der Waals surface area contributed by atoms with Gasteiger partial charge in [0, 0.05) is 23.6 Å². The lowest BCUT2D eigenvalue weighted by atomic mass is 10.1. The topological polar surface area (TPSA) is 32.3 Å². The van der Waals surface area contributed by atoms with E-state index in [0.717, 1.165) is 5.56 Å². The van der Waals surface area contributed by atoms with Crippen molar-refractivity contribution in [2.45, 2.75) is 26.8 Å². The van der Waals surface area contributed by atoms with Crippen molar-refractivity contribution in [2.24, 2.45) is 5.92 Å². The molecule has 19 heavy (non-hydrogen) atoms. The van der Waals surface area contributed by atoms with Gasteiger partial charge in [-0.2, -0.15) is 0 Å². The zero-order valence-corrected chi connectivity index (χ0v) is 13.2. The summed E-state index contributed by atoms with van der Waals surface area (Å²) in [6.07, 6.45) is 0. The Morgan fingerprint density at radius 1 is 1.32 bits per heavy atom. The molecular formula is C14H20Cl2N2O. The van der Waals surface area contributed by atoms with Gasteiger partial charge in [-0.3, -0.25) is 0 Å². The fourth-order valence-electron chi connectivity index (χ4n) is 1.64. The lowest BCUT2D eigenvalue weighted by Crippen LogP contribution is -2.40. The summed E-state index contributed by atoms with van der Waals surface area (Å²) in [7, 11) is 1.76. The fraction of sp³-hybridized carbons (Fsp3) is 0.500. The van der Waals surface area contributed by atoms with Crippen molar-refractivity contribution in [3.05, 3.63) is 33.8 Å². The highest BCUT2D eigenvalue weighted by atomic mass is 35.5. The molecule has 1 atom stereocenters. The predicted molar refractivity (Wildman–Crippen MR) is 80.9 cm³/mol. The molecule has 0 radical (unpaired) electrons. The van der Waals surface area contributed by atoms with Crippen LogP contribution in [0.1, 0.15) is 32.4 Å². The average Bonchev–Trinajstić information content (AvgIpc) is 2.34. The van der Waals surface area contributed by atoms with Crippen LogP contribution in [0.15, 0.2) is 18.2 Å². The number of carbonyl (C=O) groups is 1. The lowest BCUT2D eigenvalue weighted by molar-refractivity contribution is 0.193. The number of rotatable bonds is 4. The van der Waals surface area contributed by atoms with Crippen LogP contribution < -0.4 is 5.32 Å². The highest BCUT2D eigenvalue weighted by Gasteiger charge is 2.19. The molecule has 0 aliphatic rings. The summed E-state index contributed by atoms with van der Waals surface area (Å²) < 4.78 is 0. The number of hydrogen-bond acceptors (Lipinski definition) is 1. The van der Waals surface area contributed by atoms with E-state index in [1.807, 2.05) is 13.0 Å². The maximum Gasteiger partial charge on any atom is 0.317 e. The van der Waals surface area contributed by atoms with Crippen molar-refractivity contribution in [1.82, 2.24) is 10.2 Å². The van der Waals surface area contributed by atoms with Crippen molar-refractivity contribution in [1.29, 1.82) is 0 Å². The molecule has 0 bridgehead atoms. The van der Waals surface area contributed by atoms with Crippen LogP contribution in [0.5, 0.6) is 0 Å². The molecule has 0 heterocycles. The molecule has 0 aliphatic heterocycles. The van der Waals surface area contributed by atoms with Gasteiger partial charge in [-0.05, 0) is 30.5 Å². The Bertz CT molecular complexity index is 449. The number of nitrogens with one attached hydrogen (secondary N) is 1. The number of urea groups is 1. The Morgan fingerprint density at radius 2 is 1.95 bits per heavy atom. The Morgan fingerprint density at radius 3 is 2.47 bits per heavy atom. The second-order valence-electron chi connectivity index (χ2n) is 5.03. The minimum absolute atomic E-state index is 0.104. The van der Waals surface area contributed by atoms with E-state index in [1.54, 1.807) is 24.1 Å². The Hall–Kier alpha value is -0.930. The van der Waals surface area contributed by atoms with Crippen LogP contribution in [0.25, 0.3) is 0 Å². The zero-order chi connectivity index (χ0) is 14.6. The van der Waals surface area contributed by atoms with Gasteiger partial charge in [0.2, 0.25) is 0 Å². The van der Waals surface area contributed by atoms with Gasteiger partial charge < -0.3 is 10.2 Å². The first kappa shape index (κ1) is 16.1. The van der Waals surface area contributed by atoms with E-state index in [2.05, 4.69) is 19.2 Å². The number of nitrogens with zero attached hydrogens (tertiary/aromatic N) is 1. The van der Waals surface area contributed by atoms with E-state index in [9.17, 15) is 4.79 Å². The molecule has 1 unspecified atom stereocenters.